The number of rotatable bonds is 8. The molecule has 0 saturated carbocycles. The van der Waals surface area contributed by atoms with Crippen molar-refractivity contribution in [2.45, 2.75) is 44.8 Å². The van der Waals surface area contributed by atoms with Crippen LogP contribution in [0.1, 0.15) is 38.6 Å². The molecule has 18 heavy (non-hydrogen) atoms. The summed E-state index contributed by atoms with van der Waals surface area (Å²) in [5.41, 5.74) is 4.02. The van der Waals surface area contributed by atoms with E-state index in [2.05, 4.69) is 10.1 Å². The van der Waals surface area contributed by atoms with Crippen LogP contribution < -0.4 is 5.73 Å². The first-order valence-electron chi connectivity index (χ1n) is 6.28. The fraction of sp³-hybridized carbons (Fsp3) is 0.833. The summed E-state index contributed by atoms with van der Waals surface area (Å²) in [4.78, 5) is 4.14. The number of methoxy groups -OCH3 is 1. The number of hydrogen-bond donors (Lipinski definition) is 1. The van der Waals surface area contributed by atoms with E-state index in [4.69, 9.17) is 10.5 Å². The van der Waals surface area contributed by atoms with Crippen molar-refractivity contribution in [3.05, 3.63) is 12.2 Å². The molecule has 1 unspecified atom stereocenters. The molecule has 0 bridgehead atoms. The maximum Gasteiger partial charge on any atom is 0.141 e. The van der Waals surface area contributed by atoms with E-state index in [0.717, 1.165) is 0 Å². The zero-order chi connectivity index (χ0) is 13.6. The third kappa shape index (κ3) is 4.03. The van der Waals surface area contributed by atoms with E-state index < -0.39 is 5.67 Å². The third-order valence-corrected chi connectivity index (χ3v) is 2.84. The Kier molecular flexibility index (Phi) is 5.68. The maximum absolute atomic E-state index is 14.7. The lowest BCUT2D eigenvalue weighted by molar-refractivity contribution is 0.0310. The van der Waals surface area contributed by atoms with Crippen molar-refractivity contribution in [2.75, 3.05) is 20.3 Å². The molecule has 0 aliphatic heterocycles. The monoisotopic (exact) mass is 258 g/mol. The Morgan fingerprint density at radius 3 is 2.83 bits per heavy atom. The highest BCUT2D eigenvalue weighted by atomic mass is 19.1. The molecule has 0 radical (unpaired) electrons. The second-order valence-electron chi connectivity index (χ2n) is 4.87. The van der Waals surface area contributed by atoms with E-state index in [-0.39, 0.29) is 19.1 Å². The molecule has 1 aromatic heterocycles. The highest BCUT2D eigenvalue weighted by Crippen LogP contribution is 2.24. The Hall–Kier alpha value is -1.01. The Morgan fingerprint density at radius 2 is 2.28 bits per heavy atom. The van der Waals surface area contributed by atoms with Crippen LogP contribution in [0.4, 0.5) is 4.39 Å². The first kappa shape index (κ1) is 15.0. The summed E-state index contributed by atoms with van der Waals surface area (Å²) >= 11 is 0. The molecule has 1 heterocycles. The number of ether oxygens (including phenoxy) is 1. The van der Waals surface area contributed by atoms with Crippen LogP contribution in [0, 0.1) is 0 Å². The van der Waals surface area contributed by atoms with Crippen molar-refractivity contribution < 1.29 is 9.13 Å². The largest absolute Gasteiger partial charge is 0.381 e. The van der Waals surface area contributed by atoms with Crippen LogP contribution in [-0.2, 0) is 11.2 Å². The SMILES string of the molecule is COCC(F)(CCCN)Cc1ncnn1C(C)C. The number of hydrogen-bond acceptors (Lipinski definition) is 4. The van der Waals surface area contributed by atoms with Crippen molar-refractivity contribution in [2.24, 2.45) is 5.73 Å². The average Bonchev–Trinajstić information content (AvgIpc) is 2.74. The van der Waals surface area contributed by atoms with Gasteiger partial charge in [-0.05, 0) is 33.2 Å². The summed E-state index contributed by atoms with van der Waals surface area (Å²) in [5.74, 6) is 0.654. The molecular formula is C12H23FN4O. The molecule has 0 spiro atoms. The van der Waals surface area contributed by atoms with Crippen LogP contribution >= 0.6 is 0 Å². The molecule has 1 rings (SSSR count). The van der Waals surface area contributed by atoms with Crippen LogP contribution in [0.5, 0.6) is 0 Å². The summed E-state index contributed by atoms with van der Waals surface area (Å²) in [6, 6.07) is 0.170. The average molecular weight is 258 g/mol. The van der Waals surface area contributed by atoms with Crippen molar-refractivity contribution in [3.8, 4) is 0 Å². The molecule has 1 atom stereocenters. The topological polar surface area (TPSA) is 66.0 Å². The standard InChI is InChI=1S/C12H23FN4O/c1-10(2)17-11(15-9-16-17)7-12(13,8-18-3)5-4-6-14/h9-10H,4-8,14H2,1-3H3. The maximum atomic E-state index is 14.7. The van der Waals surface area contributed by atoms with Gasteiger partial charge < -0.3 is 10.5 Å². The van der Waals surface area contributed by atoms with Gasteiger partial charge in [-0.3, -0.25) is 0 Å². The van der Waals surface area contributed by atoms with E-state index >= 15 is 0 Å². The van der Waals surface area contributed by atoms with Gasteiger partial charge in [-0.2, -0.15) is 5.10 Å². The normalized spacial score (nSPS) is 15.0. The zero-order valence-corrected chi connectivity index (χ0v) is 11.4. The fourth-order valence-corrected chi connectivity index (χ4v) is 2.00. The lowest BCUT2D eigenvalue weighted by Gasteiger charge is -2.24. The third-order valence-electron chi connectivity index (χ3n) is 2.84. The van der Waals surface area contributed by atoms with Crippen LogP contribution in [-0.4, -0.2) is 40.7 Å². The summed E-state index contributed by atoms with van der Waals surface area (Å²) in [6.45, 7) is 4.52. The first-order chi connectivity index (χ1) is 8.52. The minimum Gasteiger partial charge on any atom is -0.381 e. The molecule has 2 N–H and O–H groups in total. The van der Waals surface area contributed by atoms with Gasteiger partial charge in [0.2, 0.25) is 0 Å². The van der Waals surface area contributed by atoms with Crippen molar-refractivity contribution in [3.63, 3.8) is 0 Å². The smallest absolute Gasteiger partial charge is 0.141 e. The van der Waals surface area contributed by atoms with Crippen LogP contribution in [0.25, 0.3) is 0 Å². The van der Waals surface area contributed by atoms with Crippen LogP contribution in [0.2, 0.25) is 0 Å². The van der Waals surface area contributed by atoms with Gasteiger partial charge in [0.25, 0.3) is 0 Å². The summed E-state index contributed by atoms with van der Waals surface area (Å²) in [5, 5.41) is 4.11. The molecule has 0 fully saturated rings. The minimum absolute atomic E-state index is 0.0535. The number of halogens is 1. The molecule has 1 aromatic rings. The predicted octanol–water partition coefficient (Wildman–Crippen LogP) is 1.50. The van der Waals surface area contributed by atoms with Crippen molar-refractivity contribution in [1.29, 1.82) is 0 Å². The Balaban J connectivity index is 2.78. The van der Waals surface area contributed by atoms with Gasteiger partial charge >= 0.3 is 0 Å². The number of aromatic nitrogens is 3. The molecule has 6 heteroatoms. The predicted molar refractivity (Wildman–Crippen MR) is 68.1 cm³/mol. The highest BCUT2D eigenvalue weighted by molar-refractivity contribution is 4.96. The van der Waals surface area contributed by atoms with Gasteiger partial charge in [-0.15, -0.1) is 0 Å². The molecule has 0 saturated heterocycles. The van der Waals surface area contributed by atoms with Crippen molar-refractivity contribution in [1.82, 2.24) is 14.8 Å². The molecule has 0 aliphatic carbocycles. The zero-order valence-electron chi connectivity index (χ0n) is 11.4. The van der Waals surface area contributed by atoms with Crippen LogP contribution in [0.3, 0.4) is 0 Å². The van der Waals surface area contributed by atoms with E-state index in [0.29, 0.717) is 25.2 Å². The second-order valence-corrected chi connectivity index (χ2v) is 4.87. The number of nitrogens with zero attached hydrogens (tertiary/aromatic N) is 3. The summed E-state index contributed by atoms with van der Waals surface area (Å²) in [6.07, 6.45) is 2.68. The second kappa shape index (κ2) is 6.80. The number of nitrogens with two attached hydrogens (primary N) is 1. The molecule has 104 valence electrons. The molecule has 5 nitrogen and oxygen atoms in total. The summed E-state index contributed by atoms with van der Waals surface area (Å²) < 4.78 is 21.4. The lowest BCUT2D eigenvalue weighted by atomic mass is 9.96. The van der Waals surface area contributed by atoms with Gasteiger partial charge in [0.1, 0.15) is 17.8 Å². The minimum atomic E-state index is -1.42. The molecule has 0 amide bonds. The Bertz CT molecular complexity index is 356. The summed E-state index contributed by atoms with van der Waals surface area (Å²) in [7, 11) is 1.50. The van der Waals surface area contributed by atoms with E-state index in [1.165, 1.54) is 13.4 Å². The Labute approximate surface area is 108 Å². The first-order valence-corrected chi connectivity index (χ1v) is 6.28. The van der Waals surface area contributed by atoms with E-state index in [1.807, 2.05) is 13.8 Å². The fourth-order valence-electron chi connectivity index (χ4n) is 2.00. The van der Waals surface area contributed by atoms with E-state index in [1.54, 1.807) is 4.68 Å². The van der Waals surface area contributed by atoms with Gasteiger partial charge in [0.05, 0.1) is 6.61 Å². The highest BCUT2D eigenvalue weighted by Gasteiger charge is 2.31. The molecule has 0 aliphatic rings. The quantitative estimate of drug-likeness (QED) is 0.767. The van der Waals surface area contributed by atoms with E-state index in [9.17, 15) is 4.39 Å². The lowest BCUT2D eigenvalue weighted by Crippen LogP contribution is -2.34. The number of alkyl halides is 1. The Morgan fingerprint density at radius 1 is 1.56 bits per heavy atom. The van der Waals surface area contributed by atoms with Gasteiger partial charge in [-0.25, -0.2) is 14.1 Å². The van der Waals surface area contributed by atoms with Gasteiger partial charge in [-0.1, -0.05) is 0 Å². The molecule has 0 aromatic carbocycles. The van der Waals surface area contributed by atoms with Gasteiger partial charge in [0.15, 0.2) is 0 Å². The molecular weight excluding hydrogens is 235 g/mol. The van der Waals surface area contributed by atoms with Crippen molar-refractivity contribution >= 4 is 0 Å². The van der Waals surface area contributed by atoms with Crippen LogP contribution in [0.15, 0.2) is 6.33 Å². The van der Waals surface area contributed by atoms with Gasteiger partial charge in [0, 0.05) is 19.6 Å².